The Kier molecular flexibility index (Phi) is 5.00. The highest BCUT2D eigenvalue weighted by Crippen LogP contribution is 2.18. The first-order valence-electron chi connectivity index (χ1n) is 6.46. The van der Waals surface area contributed by atoms with E-state index in [0.717, 1.165) is 13.2 Å². The Balaban J connectivity index is 2.53. The Morgan fingerprint density at radius 1 is 1.44 bits per heavy atom. The molecule has 0 aromatic heterocycles. The molecule has 0 aromatic rings. The van der Waals surface area contributed by atoms with Gasteiger partial charge in [0.1, 0.15) is 0 Å². The number of nitrogens with one attached hydrogen (secondary N) is 1. The van der Waals surface area contributed by atoms with E-state index in [1.807, 2.05) is 0 Å². The van der Waals surface area contributed by atoms with Crippen molar-refractivity contribution in [2.75, 3.05) is 13.2 Å². The molecule has 2 nitrogen and oxygen atoms in total. The van der Waals surface area contributed by atoms with E-state index in [1.165, 1.54) is 18.4 Å². The van der Waals surface area contributed by atoms with Crippen molar-refractivity contribution in [3.63, 3.8) is 0 Å². The molecule has 94 valence electrons. The molecule has 2 heteroatoms. The monoisotopic (exact) mass is 225 g/mol. The number of hydrogen-bond acceptors (Lipinski definition) is 2. The summed E-state index contributed by atoms with van der Waals surface area (Å²) in [4.78, 5) is 0. The van der Waals surface area contributed by atoms with Crippen molar-refractivity contribution >= 4 is 0 Å². The molecule has 1 N–H and O–H groups in total. The zero-order valence-corrected chi connectivity index (χ0v) is 11.5. The summed E-state index contributed by atoms with van der Waals surface area (Å²) in [5.41, 5.74) is 1.66. The van der Waals surface area contributed by atoms with Gasteiger partial charge in [-0.2, -0.15) is 0 Å². The fraction of sp³-hybridized carbons (Fsp3) is 0.857. The lowest BCUT2D eigenvalue weighted by atomic mass is 9.99. The predicted molar refractivity (Wildman–Crippen MR) is 69.7 cm³/mol. The zero-order chi connectivity index (χ0) is 12.2. The Morgan fingerprint density at radius 2 is 2.12 bits per heavy atom. The molecule has 1 unspecified atom stereocenters. The van der Waals surface area contributed by atoms with Gasteiger partial charge in [0, 0.05) is 18.7 Å². The maximum Gasteiger partial charge on any atom is 0.0759 e. The molecule has 16 heavy (non-hydrogen) atoms. The van der Waals surface area contributed by atoms with Crippen molar-refractivity contribution in [1.82, 2.24) is 5.32 Å². The average molecular weight is 225 g/mol. The molecule has 1 atom stereocenters. The molecule has 0 aromatic carbocycles. The van der Waals surface area contributed by atoms with Gasteiger partial charge in [-0.1, -0.05) is 25.5 Å². The SMILES string of the molecule is CC(C)C(=CC1CCCO1)CNC(C)(C)C. The van der Waals surface area contributed by atoms with Gasteiger partial charge in [0.15, 0.2) is 0 Å². The molecule has 0 bridgehead atoms. The van der Waals surface area contributed by atoms with Crippen molar-refractivity contribution < 1.29 is 4.74 Å². The molecule has 0 saturated carbocycles. The first kappa shape index (κ1) is 13.7. The van der Waals surface area contributed by atoms with Crippen molar-refractivity contribution in [3.05, 3.63) is 11.6 Å². The second-order valence-corrected chi connectivity index (χ2v) is 6.05. The summed E-state index contributed by atoms with van der Waals surface area (Å²) in [7, 11) is 0. The van der Waals surface area contributed by atoms with Gasteiger partial charge in [0.2, 0.25) is 0 Å². The van der Waals surface area contributed by atoms with Crippen LogP contribution in [0.25, 0.3) is 0 Å². The first-order chi connectivity index (χ1) is 7.38. The van der Waals surface area contributed by atoms with E-state index in [1.54, 1.807) is 0 Å². The zero-order valence-electron chi connectivity index (χ0n) is 11.5. The molecule has 1 heterocycles. The van der Waals surface area contributed by atoms with Crippen LogP contribution in [0.3, 0.4) is 0 Å². The van der Waals surface area contributed by atoms with Gasteiger partial charge in [0.25, 0.3) is 0 Å². The normalized spacial score (nSPS) is 23.1. The van der Waals surface area contributed by atoms with Crippen LogP contribution in [0.4, 0.5) is 0 Å². The Morgan fingerprint density at radius 3 is 2.56 bits per heavy atom. The molecule has 1 rings (SSSR count). The van der Waals surface area contributed by atoms with Crippen molar-refractivity contribution in [2.24, 2.45) is 5.92 Å². The lowest BCUT2D eigenvalue weighted by molar-refractivity contribution is 0.144. The summed E-state index contributed by atoms with van der Waals surface area (Å²) in [5, 5.41) is 3.55. The highest BCUT2D eigenvalue weighted by atomic mass is 16.5. The van der Waals surface area contributed by atoms with Crippen molar-refractivity contribution in [3.8, 4) is 0 Å². The van der Waals surface area contributed by atoms with Gasteiger partial charge >= 0.3 is 0 Å². The second kappa shape index (κ2) is 5.83. The van der Waals surface area contributed by atoms with Crippen LogP contribution in [-0.2, 0) is 4.74 Å². The summed E-state index contributed by atoms with van der Waals surface area (Å²) in [6.45, 7) is 13.0. The van der Waals surface area contributed by atoms with Crippen LogP contribution < -0.4 is 5.32 Å². The number of rotatable bonds is 4. The van der Waals surface area contributed by atoms with Crippen LogP contribution in [0, 0.1) is 5.92 Å². The highest BCUT2D eigenvalue weighted by Gasteiger charge is 2.16. The second-order valence-electron chi connectivity index (χ2n) is 6.05. The van der Waals surface area contributed by atoms with Crippen molar-refractivity contribution in [2.45, 2.75) is 59.1 Å². The van der Waals surface area contributed by atoms with E-state index in [9.17, 15) is 0 Å². The molecule has 0 aliphatic carbocycles. The van der Waals surface area contributed by atoms with Crippen LogP contribution >= 0.6 is 0 Å². The molecular weight excluding hydrogens is 198 g/mol. The number of hydrogen-bond donors (Lipinski definition) is 1. The standard InChI is InChI=1S/C14H27NO/c1-11(2)12(10-15-14(3,4)5)9-13-7-6-8-16-13/h9,11,13,15H,6-8,10H2,1-5H3. The molecule has 1 aliphatic rings. The lowest BCUT2D eigenvalue weighted by Crippen LogP contribution is -2.37. The molecule has 1 aliphatic heterocycles. The van der Waals surface area contributed by atoms with Crippen LogP contribution in [0.1, 0.15) is 47.5 Å². The van der Waals surface area contributed by atoms with Gasteiger partial charge < -0.3 is 10.1 Å². The van der Waals surface area contributed by atoms with Crippen LogP contribution in [0.2, 0.25) is 0 Å². The highest BCUT2D eigenvalue weighted by molar-refractivity contribution is 5.11. The molecule has 0 spiro atoms. The van der Waals surface area contributed by atoms with E-state index >= 15 is 0 Å². The maximum absolute atomic E-state index is 5.66. The van der Waals surface area contributed by atoms with Gasteiger partial charge in [-0.15, -0.1) is 0 Å². The minimum atomic E-state index is 0.185. The Bertz CT molecular complexity index is 232. The minimum absolute atomic E-state index is 0.185. The molecular formula is C14H27NO. The topological polar surface area (TPSA) is 21.3 Å². The lowest BCUT2D eigenvalue weighted by Gasteiger charge is -2.23. The minimum Gasteiger partial charge on any atom is -0.374 e. The molecule has 1 fully saturated rings. The fourth-order valence-corrected chi connectivity index (χ4v) is 1.80. The third-order valence-corrected chi connectivity index (χ3v) is 2.93. The molecule has 1 saturated heterocycles. The summed E-state index contributed by atoms with van der Waals surface area (Å²) in [6.07, 6.45) is 5.08. The van der Waals surface area contributed by atoms with Gasteiger partial charge in [-0.3, -0.25) is 0 Å². The summed E-state index contributed by atoms with van der Waals surface area (Å²) >= 11 is 0. The number of ether oxygens (including phenoxy) is 1. The van der Waals surface area contributed by atoms with Gasteiger partial charge in [-0.05, 0) is 39.5 Å². The smallest absolute Gasteiger partial charge is 0.0759 e. The Hall–Kier alpha value is -0.340. The summed E-state index contributed by atoms with van der Waals surface area (Å²) < 4.78 is 5.66. The summed E-state index contributed by atoms with van der Waals surface area (Å²) in [6, 6.07) is 0. The quantitative estimate of drug-likeness (QED) is 0.742. The van der Waals surface area contributed by atoms with Crippen LogP contribution in [0.15, 0.2) is 11.6 Å². The van der Waals surface area contributed by atoms with E-state index in [2.05, 4.69) is 46.0 Å². The maximum atomic E-state index is 5.66. The summed E-state index contributed by atoms with van der Waals surface area (Å²) in [5.74, 6) is 0.596. The van der Waals surface area contributed by atoms with Gasteiger partial charge in [-0.25, -0.2) is 0 Å². The third-order valence-electron chi connectivity index (χ3n) is 2.93. The molecule has 0 amide bonds. The average Bonchev–Trinajstić information content (AvgIpc) is 2.62. The van der Waals surface area contributed by atoms with E-state index < -0.39 is 0 Å². The van der Waals surface area contributed by atoms with Gasteiger partial charge in [0.05, 0.1) is 6.10 Å². The van der Waals surface area contributed by atoms with Crippen LogP contribution in [0.5, 0.6) is 0 Å². The van der Waals surface area contributed by atoms with E-state index in [-0.39, 0.29) is 5.54 Å². The first-order valence-corrected chi connectivity index (χ1v) is 6.46. The molecule has 0 radical (unpaired) electrons. The van der Waals surface area contributed by atoms with Crippen molar-refractivity contribution in [1.29, 1.82) is 0 Å². The van der Waals surface area contributed by atoms with Crippen LogP contribution in [-0.4, -0.2) is 24.8 Å². The van der Waals surface area contributed by atoms with E-state index in [0.29, 0.717) is 12.0 Å². The third kappa shape index (κ3) is 5.13. The largest absolute Gasteiger partial charge is 0.374 e. The van der Waals surface area contributed by atoms with E-state index in [4.69, 9.17) is 4.74 Å². The Labute approximate surface area is 100 Å². The fourth-order valence-electron chi connectivity index (χ4n) is 1.80. The predicted octanol–water partition coefficient (Wildman–Crippen LogP) is 3.14.